The number of nitrogens with zero attached hydrogens (tertiary/aromatic N) is 3. The predicted octanol–water partition coefficient (Wildman–Crippen LogP) is 4.94. The molecule has 288 valence electrons. The summed E-state index contributed by atoms with van der Waals surface area (Å²) in [6.07, 6.45) is 4.98. The second-order valence-corrected chi connectivity index (χ2v) is 15.7. The fraction of sp³-hybridized carbons (Fsp3) is 0.667. The van der Waals surface area contributed by atoms with Crippen LogP contribution in [0.15, 0.2) is 35.7 Å². The minimum atomic E-state index is -0.913. The van der Waals surface area contributed by atoms with Crippen molar-refractivity contribution in [2.45, 2.75) is 109 Å². The van der Waals surface area contributed by atoms with Gasteiger partial charge in [-0.1, -0.05) is 57.5 Å². The molecule has 3 amide bonds. The van der Waals surface area contributed by atoms with Gasteiger partial charge in [0.25, 0.3) is 5.91 Å². The fourth-order valence-corrected chi connectivity index (χ4v) is 8.29. The summed E-state index contributed by atoms with van der Waals surface area (Å²) in [5.41, 5.74) is 1.24. The van der Waals surface area contributed by atoms with E-state index in [-0.39, 0.29) is 53.8 Å². The van der Waals surface area contributed by atoms with Gasteiger partial charge in [0.05, 0.1) is 12.0 Å². The van der Waals surface area contributed by atoms with E-state index in [9.17, 15) is 24.3 Å². The molecule has 2 saturated heterocycles. The van der Waals surface area contributed by atoms with Crippen molar-refractivity contribution >= 4 is 35.0 Å². The molecule has 12 nitrogen and oxygen atoms in total. The lowest BCUT2D eigenvalue weighted by Crippen LogP contribution is -2.58. The smallest absolute Gasteiger partial charge is 0.306 e. The van der Waals surface area contributed by atoms with Crippen LogP contribution in [0.1, 0.15) is 99.8 Å². The summed E-state index contributed by atoms with van der Waals surface area (Å²) in [6.45, 7) is 10.1. The Bertz CT molecular complexity index is 1450. The van der Waals surface area contributed by atoms with E-state index in [1.807, 2.05) is 51.4 Å². The van der Waals surface area contributed by atoms with Crippen molar-refractivity contribution in [2.24, 2.45) is 17.8 Å². The van der Waals surface area contributed by atoms with Crippen molar-refractivity contribution in [1.82, 2.24) is 25.4 Å². The van der Waals surface area contributed by atoms with Crippen molar-refractivity contribution in [3.8, 4) is 0 Å². The number of likely N-dealkylation sites (tertiary alicyclic amines) is 1. The molecule has 3 heterocycles. The Morgan fingerprint density at radius 3 is 2.40 bits per heavy atom. The molecule has 0 saturated carbocycles. The number of carboxylic acids is 1. The summed E-state index contributed by atoms with van der Waals surface area (Å²) < 4.78 is 11.8. The number of amides is 3. The van der Waals surface area contributed by atoms with Gasteiger partial charge in [0, 0.05) is 50.8 Å². The Morgan fingerprint density at radius 2 is 1.77 bits per heavy atom. The van der Waals surface area contributed by atoms with Crippen LogP contribution in [0.4, 0.5) is 0 Å². The van der Waals surface area contributed by atoms with Crippen LogP contribution in [0.3, 0.4) is 0 Å². The summed E-state index contributed by atoms with van der Waals surface area (Å²) in [5, 5.41) is 18.1. The molecule has 4 rings (SSSR count). The first-order valence-corrected chi connectivity index (χ1v) is 19.8. The molecule has 2 aliphatic rings. The van der Waals surface area contributed by atoms with E-state index in [0.29, 0.717) is 50.5 Å². The first-order valence-electron chi connectivity index (χ1n) is 18.9. The highest BCUT2D eigenvalue weighted by molar-refractivity contribution is 7.09. The maximum atomic E-state index is 14.4. The average molecular weight is 742 g/mol. The zero-order valence-electron chi connectivity index (χ0n) is 31.7. The number of carbonyl (C=O) groups is 4. The van der Waals surface area contributed by atoms with Crippen LogP contribution in [0.5, 0.6) is 0 Å². The Hall–Kier alpha value is -3.39. The standard InChI is InChI=1S/C39H59N5O7S/c1-7-51-33(37-41-30(24-52-37)35(45)40-29(21-26(4)39(48)49)22-27-13-9-8-10-14-27)23-32(25(2)3)44(6)38(47)34(28-16-19-50-20-17-28)42-36(46)31-15-11-12-18-43(31)5/h8-10,13-14,24-26,28-29,31-34H,7,11-12,15-23H2,1-6H3,(H,40,45)(H,42,46)(H,48,49)/t26-,29+,31+,32+,33+,34-/m0/s1. The third-order valence-electron chi connectivity index (χ3n) is 10.6. The van der Waals surface area contributed by atoms with Crippen LogP contribution in [-0.4, -0.2) is 108 Å². The SMILES string of the molecule is CCO[C@H](C[C@H](C(C)C)N(C)C(=O)[C@@H](NC(=O)[C@H]1CCCCN1C)C1CCOCC1)c1nc(C(=O)N[C@@H](Cc2ccccc2)C[C@H](C)C(=O)O)cs1. The number of rotatable bonds is 18. The van der Waals surface area contributed by atoms with E-state index < -0.39 is 30.1 Å². The number of likely N-dealkylation sites (N-methyl/N-ethyl adjacent to an activating group) is 2. The van der Waals surface area contributed by atoms with Gasteiger partial charge in [0.2, 0.25) is 11.8 Å². The number of hydrogen-bond acceptors (Lipinski definition) is 9. The number of thiazole rings is 1. The zero-order valence-corrected chi connectivity index (χ0v) is 32.5. The summed E-state index contributed by atoms with van der Waals surface area (Å²) in [7, 11) is 3.78. The van der Waals surface area contributed by atoms with Gasteiger partial charge in [-0.3, -0.25) is 24.1 Å². The van der Waals surface area contributed by atoms with E-state index in [0.717, 1.165) is 31.4 Å². The molecule has 0 radical (unpaired) electrons. The number of hydrogen-bond donors (Lipinski definition) is 3. The fourth-order valence-electron chi connectivity index (χ4n) is 7.43. The monoisotopic (exact) mass is 741 g/mol. The van der Waals surface area contributed by atoms with Crippen LogP contribution in [0, 0.1) is 17.8 Å². The first-order chi connectivity index (χ1) is 24.9. The Morgan fingerprint density at radius 1 is 1.06 bits per heavy atom. The third kappa shape index (κ3) is 11.6. The van der Waals surface area contributed by atoms with Gasteiger partial charge in [-0.25, -0.2) is 4.98 Å². The highest BCUT2D eigenvalue weighted by Gasteiger charge is 2.39. The number of carboxylic acid groups (broad SMARTS) is 1. The molecule has 6 atom stereocenters. The molecule has 0 bridgehead atoms. The van der Waals surface area contributed by atoms with Crippen molar-refractivity contribution in [3.05, 3.63) is 52.0 Å². The number of aliphatic carboxylic acids is 1. The molecule has 0 aliphatic carbocycles. The Balaban J connectivity index is 1.50. The van der Waals surface area contributed by atoms with Gasteiger partial charge in [-0.15, -0.1) is 11.3 Å². The summed E-state index contributed by atoms with van der Waals surface area (Å²) in [5.74, 6) is -2.10. The topological polar surface area (TPSA) is 150 Å². The number of ether oxygens (including phenoxy) is 2. The minimum Gasteiger partial charge on any atom is -0.481 e. The molecule has 2 fully saturated rings. The molecule has 2 aromatic rings. The highest BCUT2D eigenvalue weighted by atomic mass is 32.1. The zero-order chi connectivity index (χ0) is 37.8. The van der Waals surface area contributed by atoms with E-state index in [1.165, 1.54) is 11.3 Å². The molecule has 3 N–H and O–H groups in total. The van der Waals surface area contributed by atoms with E-state index in [1.54, 1.807) is 17.2 Å². The quantitative estimate of drug-likeness (QED) is 0.193. The number of aromatic nitrogens is 1. The van der Waals surface area contributed by atoms with Gasteiger partial charge in [-0.2, -0.15) is 0 Å². The molecule has 0 unspecified atom stereocenters. The Labute approximate surface area is 313 Å². The van der Waals surface area contributed by atoms with Crippen molar-refractivity contribution in [3.63, 3.8) is 0 Å². The summed E-state index contributed by atoms with van der Waals surface area (Å²) >= 11 is 1.33. The highest BCUT2D eigenvalue weighted by Crippen LogP contribution is 2.31. The van der Waals surface area contributed by atoms with E-state index in [2.05, 4.69) is 29.4 Å². The van der Waals surface area contributed by atoms with Gasteiger partial charge in [0.1, 0.15) is 22.8 Å². The normalized spacial score (nSPS) is 20.0. The van der Waals surface area contributed by atoms with Crippen LogP contribution >= 0.6 is 11.3 Å². The average Bonchev–Trinajstić information content (AvgIpc) is 3.63. The van der Waals surface area contributed by atoms with Crippen LogP contribution < -0.4 is 10.6 Å². The number of piperidine rings is 1. The van der Waals surface area contributed by atoms with Crippen LogP contribution in [0.2, 0.25) is 0 Å². The maximum Gasteiger partial charge on any atom is 0.306 e. The second-order valence-electron chi connectivity index (χ2n) is 14.8. The lowest BCUT2D eigenvalue weighted by molar-refractivity contribution is -0.142. The van der Waals surface area contributed by atoms with Crippen LogP contribution in [0.25, 0.3) is 0 Å². The van der Waals surface area contributed by atoms with Gasteiger partial charge in [0.15, 0.2) is 0 Å². The number of nitrogens with one attached hydrogen (secondary N) is 2. The lowest BCUT2D eigenvalue weighted by atomic mass is 9.88. The molecule has 2 aliphatic heterocycles. The summed E-state index contributed by atoms with van der Waals surface area (Å²) in [6, 6.07) is 8.12. The van der Waals surface area contributed by atoms with Gasteiger partial charge >= 0.3 is 5.97 Å². The molecule has 1 aromatic heterocycles. The maximum absolute atomic E-state index is 14.4. The second kappa shape index (κ2) is 20.2. The first kappa shape index (κ1) is 41.4. The third-order valence-corrected chi connectivity index (χ3v) is 11.5. The molecule has 0 spiro atoms. The van der Waals surface area contributed by atoms with Crippen molar-refractivity contribution in [1.29, 1.82) is 0 Å². The van der Waals surface area contributed by atoms with E-state index in [4.69, 9.17) is 14.5 Å². The summed E-state index contributed by atoms with van der Waals surface area (Å²) in [4.78, 5) is 61.8. The molecular formula is C39H59N5O7S. The van der Waals surface area contributed by atoms with Crippen molar-refractivity contribution < 1.29 is 33.8 Å². The molecule has 1 aromatic carbocycles. The van der Waals surface area contributed by atoms with Gasteiger partial charge < -0.3 is 30.1 Å². The molecule has 13 heteroatoms. The predicted molar refractivity (Wildman–Crippen MR) is 201 cm³/mol. The lowest BCUT2D eigenvalue weighted by Gasteiger charge is -2.39. The number of carbonyl (C=O) groups excluding carboxylic acids is 3. The van der Waals surface area contributed by atoms with Crippen LogP contribution in [-0.2, 0) is 30.3 Å². The Kier molecular flexibility index (Phi) is 16.0. The van der Waals surface area contributed by atoms with Gasteiger partial charge in [-0.05, 0) is 76.4 Å². The van der Waals surface area contributed by atoms with Crippen molar-refractivity contribution in [2.75, 3.05) is 40.5 Å². The largest absolute Gasteiger partial charge is 0.481 e. The number of benzene rings is 1. The molecular weight excluding hydrogens is 683 g/mol. The van der Waals surface area contributed by atoms with E-state index >= 15 is 0 Å². The molecule has 52 heavy (non-hydrogen) atoms. The minimum absolute atomic E-state index is 0.0266.